The third kappa shape index (κ3) is 3.05. The number of aromatic nitrogens is 2. The van der Waals surface area contributed by atoms with Gasteiger partial charge in [0.15, 0.2) is 0 Å². The molecule has 0 aromatic carbocycles. The van der Waals surface area contributed by atoms with E-state index >= 15 is 0 Å². The van der Waals surface area contributed by atoms with Crippen LogP contribution in [0.3, 0.4) is 0 Å². The second-order valence-electron chi connectivity index (χ2n) is 5.49. The highest BCUT2D eigenvalue weighted by Gasteiger charge is 2.31. The topological polar surface area (TPSA) is 105 Å². The Morgan fingerprint density at radius 1 is 1.38 bits per heavy atom. The first kappa shape index (κ1) is 14.8. The second kappa shape index (κ2) is 5.91. The van der Waals surface area contributed by atoms with Crippen molar-refractivity contribution in [3.05, 3.63) is 6.20 Å². The highest BCUT2D eigenvalue weighted by Crippen LogP contribution is 2.21. The summed E-state index contributed by atoms with van der Waals surface area (Å²) in [6.45, 7) is 4.12. The van der Waals surface area contributed by atoms with Crippen molar-refractivity contribution in [2.75, 3.05) is 45.1 Å². The van der Waals surface area contributed by atoms with Crippen molar-refractivity contribution >= 4 is 15.8 Å². The van der Waals surface area contributed by atoms with Gasteiger partial charge in [-0.15, -0.1) is 0 Å². The number of sulfonamides is 1. The predicted octanol–water partition coefficient (Wildman–Crippen LogP) is -0.523. The zero-order valence-electron chi connectivity index (χ0n) is 11.9. The monoisotopic (exact) mass is 315 g/mol. The lowest BCUT2D eigenvalue weighted by Crippen LogP contribution is -2.50. The van der Waals surface area contributed by atoms with Crippen molar-refractivity contribution in [2.24, 2.45) is 0 Å². The molecular formula is C12H21N5O3S. The standard InChI is InChI=1S/C12H21N5O3S/c13-12-11(8-14-15-12)21(18,19)17-5-3-16(4-6-17)9-10-2-1-7-20-10/h8,10H,1-7,9H2,(H3,13,14,15). The SMILES string of the molecule is Nc1[nH]ncc1S(=O)(=O)N1CCN(CC2CCCO2)CC1. The summed E-state index contributed by atoms with van der Waals surface area (Å²) < 4.78 is 32.0. The average molecular weight is 315 g/mol. The number of nitrogen functional groups attached to an aromatic ring is 1. The van der Waals surface area contributed by atoms with E-state index in [1.54, 1.807) is 0 Å². The first-order chi connectivity index (χ1) is 10.1. The first-order valence-electron chi connectivity index (χ1n) is 7.20. The van der Waals surface area contributed by atoms with Gasteiger partial charge < -0.3 is 10.5 Å². The zero-order valence-corrected chi connectivity index (χ0v) is 12.7. The number of piperazine rings is 1. The van der Waals surface area contributed by atoms with E-state index in [0.717, 1.165) is 39.1 Å². The van der Waals surface area contributed by atoms with Gasteiger partial charge in [0.2, 0.25) is 10.0 Å². The Labute approximate surface area is 124 Å². The quantitative estimate of drug-likeness (QED) is 0.774. The molecule has 0 spiro atoms. The molecule has 0 amide bonds. The molecule has 1 aromatic rings. The van der Waals surface area contributed by atoms with E-state index in [4.69, 9.17) is 10.5 Å². The maximum absolute atomic E-state index is 12.5. The van der Waals surface area contributed by atoms with Crippen molar-refractivity contribution < 1.29 is 13.2 Å². The minimum Gasteiger partial charge on any atom is -0.383 e. The minimum absolute atomic E-state index is 0.0649. The molecule has 2 aliphatic rings. The van der Waals surface area contributed by atoms with Gasteiger partial charge in [0.05, 0.1) is 12.3 Å². The molecule has 3 heterocycles. The van der Waals surface area contributed by atoms with Gasteiger partial charge in [0, 0.05) is 39.3 Å². The first-order valence-corrected chi connectivity index (χ1v) is 8.64. The number of aromatic amines is 1. The average Bonchev–Trinajstić information content (AvgIpc) is 3.11. The van der Waals surface area contributed by atoms with E-state index in [1.165, 1.54) is 10.5 Å². The highest BCUT2D eigenvalue weighted by atomic mass is 32.2. The molecule has 118 valence electrons. The lowest BCUT2D eigenvalue weighted by atomic mass is 10.2. The molecular weight excluding hydrogens is 294 g/mol. The lowest BCUT2D eigenvalue weighted by Gasteiger charge is -2.34. The summed E-state index contributed by atoms with van der Waals surface area (Å²) in [5.74, 6) is 0.0942. The van der Waals surface area contributed by atoms with Crippen LogP contribution in [0.4, 0.5) is 5.82 Å². The van der Waals surface area contributed by atoms with Gasteiger partial charge in [0.25, 0.3) is 0 Å². The van der Waals surface area contributed by atoms with Gasteiger partial charge in [-0.3, -0.25) is 10.00 Å². The number of nitrogens with zero attached hydrogens (tertiary/aromatic N) is 3. The van der Waals surface area contributed by atoms with Crippen molar-refractivity contribution in [2.45, 2.75) is 23.8 Å². The Morgan fingerprint density at radius 3 is 2.71 bits per heavy atom. The normalized spacial score (nSPS) is 25.4. The van der Waals surface area contributed by atoms with Crippen molar-refractivity contribution in [1.82, 2.24) is 19.4 Å². The minimum atomic E-state index is -3.54. The third-order valence-electron chi connectivity index (χ3n) is 4.07. The van der Waals surface area contributed by atoms with Crippen LogP contribution < -0.4 is 5.73 Å². The maximum atomic E-state index is 12.5. The fraction of sp³-hybridized carbons (Fsp3) is 0.750. The van der Waals surface area contributed by atoms with Crippen LogP contribution in [-0.2, 0) is 14.8 Å². The van der Waals surface area contributed by atoms with Crippen LogP contribution in [0.15, 0.2) is 11.1 Å². The van der Waals surface area contributed by atoms with Gasteiger partial charge in [-0.1, -0.05) is 0 Å². The number of anilines is 1. The molecule has 3 N–H and O–H groups in total. The molecule has 1 aromatic heterocycles. The Morgan fingerprint density at radius 2 is 2.14 bits per heavy atom. The van der Waals surface area contributed by atoms with Crippen LogP contribution in [0.5, 0.6) is 0 Å². The van der Waals surface area contributed by atoms with Crippen LogP contribution in [0, 0.1) is 0 Å². The number of rotatable bonds is 4. The van der Waals surface area contributed by atoms with Gasteiger partial charge in [-0.05, 0) is 12.8 Å². The summed E-state index contributed by atoms with van der Waals surface area (Å²) in [4.78, 5) is 2.33. The van der Waals surface area contributed by atoms with Gasteiger partial charge in [-0.25, -0.2) is 8.42 Å². The van der Waals surface area contributed by atoms with E-state index in [-0.39, 0.29) is 10.7 Å². The van der Waals surface area contributed by atoms with E-state index in [9.17, 15) is 8.42 Å². The van der Waals surface area contributed by atoms with Crippen molar-refractivity contribution in [3.63, 3.8) is 0 Å². The van der Waals surface area contributed by atoms with E-state index in [0.29, 0.717) is 19.2 Å². The highest BCUT2D eigenvalue weighted by molar-refractivity contribution is 7.89. The van der Waals surface area contributed by atoms with Gasteiger partial charge in [0.1, 0.15) is 10.7 Å². The number of nitrogens with one attached hydrogen (secondary N) is 1. The van der Waals surface area contributed by atoms with Gasteiger partial charge in [-0.2, -0.15) is 9.40 Å². The summed E-state index contributed by atoms with van der Waals surface area (Å²) >= 11 is 0. The summed E-state index contributed by atoms with van der Waals surface area (Å²) in [5, 5.41) is 6.15. The van der Waals surface area contributed by atoms with Crippen LogP contribution in [0.1, 0.15) is 12.8 Å². The molecule has 1 unspecified atom stereocenters. The van der Waals surface area contributed by atoms with Crippen LogP contribution in [-0.4, -0.2) is 73.3 Å². The third-order valence-corrected chi connectivity index (χ3v) is 5.99. The molecule has 8 nitrogen and oxygen atoms in total. The second-order valence-corrected chi connectivity index (χ2v) is 7.39. The smallest absolute Gasteiger partial charge is 0.248 e. The summed E-state index contributed by atoms with van der Waals surface area (Å²) in [6.07, 6.45) is 3.80. The number of hydrogen-bond donors (Lipinski definition) is 2. The zero-order chi connectivity index (χ0) is 14.9. The maximum Gasteiger partial charge on any atom is 0.248 e. The van der Waals surface area contributed by atoms with Crippen LogP contribution >= 0.6 is 0 Å². The van der Waals surface area contributed by atoms with Crippen LogP contribution in [0.2, 0.25) is 0 Å². The largest absolute Gasteiger partial charge is 0.383 e. The van der Waals surface area contributed by atoms with Crippen molar-refractivity contribution in [1.29, 1.82) is 0 Å². The molecule has 0 aliphatic carbocycles. The summed E-state index contributed by atoms with van der Waals surface area (Å²) in [6, 6.07) is 0. The molecule has 21 heavy (non-hydrogen) atoms. The van der Waals surface area contributed by atoms with E-state index in [2.05, 4.69) is 15.1 Å². The predicted molar refractivity (Wildman–Crippen MR) is 77.2 cm³/mol. The molecule has 0 radical (unpaired) electrons. The van der Waals surface area contributed by atoms with Crippen LogP contribution in [0.25, 0.3) is 0 Å². The Kier molecular flexibility index (Phi) is 4.16. The van der Waals surface area contributed by atoms with E-state index in [1.807, 2.05) is 0 Å². The van der Waals surface area contributed by atoms with E-state index < -0.39 is 10.0 Å². The Hall–Kier alpha value is -1.16. The number of nitrogens with two attached hydrogens (primary N) is 1. The summed E-state index contributed by atoms with van der Waals surface area (Å²) in [5.41, 5.74) is 5.62. The molecule has 2 aliphatic heterocycles. The summed E-state index contributed by atoms with van der Waals surface area (Å²) in [7, 11) is -3.54. The number of ether oxygens (including phenoxy) is 1. The molecule has 1 atom stereocenters. The molecule has 0 saturated carbocycles. The molecule has 2 fully saturated rings. The Bertz CT molecular complexity index is 573. The molecule has 2 saturated heterocycles. The van der Waals surface area contributed by atoms with Crippen molar-refractivity contribution in [3.8, 4) is 0 Å². The fourth-order valence-electron chi connectivity index (χ4n) is 2.86. The number of H-pyrrole nitrogens is 1. The number of hydrogen-bond acceptors (Lipinski definition) is 6. The molecule has 0 bridgehead atoms. The van der Waals surface area contributed by atoms with Gasteiger partial charge >= 0.3 is 0 Å². The molecule has 3 rings (SSSR count). The fourth-order valence-corrected chi connectivity index (χ4v) is 4.29. The lowest BCUT2D eigenvalue weighted by molar-refractivity contribution is 0.0617. The Balaban J connectivity index is 1.59. The molecule has 9 heteroatoms.